The number of amides is 1. The Morgan fingerprint density at radius 3 is 2.78 bits per heavy atom. The van der Waals surface area contributed by atoms with Crippen LogP contribution >= 0.6 is 0 Å². The first kappa shape index (κ1) is 12.4. The Balaban J connectivity index is 2.05. The van der Waals surface area contributed by atoms with E-state index in [-0.39, 0.29) is 25.7 Å². The van der Waals surface area contributed by atoms with Crippen molar-refractivity contribution < 1.29 is 14.6 Å². The van der Waals surface area contributed by atoms with Crippen LogP contribution in [0.1, 0.15) is 0 Å². The monoisotopic (exact) mass is 245 g/mol. The second kappa shape index (κ2) is 6.02. The van der Waals surface area contributed by atoms with E-state index in [2.05, 4.69) is 5.32 Å². The van der Waals surface area contributed by atoms with E-state index in [0.29, 0.717) is 5.75 Å². The van der Waals surface area contributed by atoms with Crippen LogP contribution in [0.2, 0.25) is 0 Å². The molecule has 0 radical (unpaired) electrons. The molecule has 0 aliphatic heterocycles. The van der Waals surface area contributed by atoms with Crippen molar-refractivity contribution in [3.05, 3.63) is 42.5 Å². The van der Waals surface area contributed by atoms with Gasteiger partial charge in [-0.05, 0) is 11.5 Å². The highest BCUT2D eigenvalue weighted by Gasteiger charge is 2.04. The zero-order valence-electron chi connectivity index (χ0n) is 9.93. The normalized spacial score (nSPS) is 10.3. The van der Waals surface area contributed by atoms with Gasteiger partial charge in [0.2, 0.25) is 0 Å². The van der Waals surface area contributed by atoms with Crippen molar-refractivity contribution in [2.45, 2.75) is 0 Å². The van der Waals surface area contributed by atoms with Crippen LogP contribution < -0.4 is 10.1 Å². The van der Waals surface area contributed by atoms with Gasteiger partial charge in [-0.15, -0.1) is 0 Å². The zero-order valence-corrected chi connectivity index (χ0v) is 9.93. The molecule has 2 rings (SSSR count). The Morgan fingerprint density at radius 1 is 1.17 bits per heavy atom. The van der Waals surface area contributed by atoms with Crippen molar-refractivity contribution in [1.29, 1.82) is 0 Å². The number of carbonyl (C=O) groups is 1. The van der Waals surface area contributed by atoms with Crippen LogP contribution in [-0.2, 0) is 4.79 Å². The van der Waals surface area contributed by atoms with Gasteiger partial charge < -0.3 is 15.2 Å². The summed E-state index contributed by atoms with van der Waals surface area (Å²) in [5.74, 6) is 0.448. The summed E-state index contributed by atoms with van der Waals surface area (Å²) in [6.07, 6.45) is 0. The van der Waals surface area contributed by atoms with Gasteiger partial charge in [0.1, 0.15) is 5.75 Å². The molecule has 0 spiro atoms. The van der Waals surface area contributed by atoms with Gasteiger partial charge in [0.05, 0.1) is 6.61 Å². The maximum Gasteiger partial charge on any atom is 0.258 e. The van der Waals surface area contributed by atoms with Gasteiger partial charge >= 0.3 is 0 Å². The van der Waals surface area contributed by atoms with Crippen LogP contribution in [0.15, 0.2) is 42.5 Å². The molecular formula is C14H15NO3. The maximum atomic E-state index is 11.4. The quantitative estimate of drug-likeness (QED) is 0.835. The molecule has 2 aromatic rings. The van der Waals surface area contributed by atoms with Crippen molar-refractivity contribution >= 4 is 16.7 Å². The van der Waals surface area contributed by atoms with Gasteiger partial charge in [0, 0.05) is 11.9 Å². The Hall–Kier alpha value is -2.07. The fourth-order valence-corrected chi connectivity index (χ4v) is 1.71. The molecule has 0 saturated heterocycles. The van der Waals surface area contributed by atoms with E-state index in [9.17, 15) is 4.79 Å². The number of hydrogen-bond acceptors (Lipinski definition) is 3. The van der Waals surface area contributed by atoms with E-state index in [1.807, 2.05) is 42.5 Å². The summed E-state index contributed by atoms with van der Waals surface area (Å²) in [5.41, 5.74) is 0. The molecule has 4 heteroatoms. The Labute approximate surface area is 105 Å². The molecule has 0 atom stereocenters. The van der Waals surface area contributed by atoms with Gasteiger partial charge in [-0.3, -0.25) is 4.79 Å². The lowest BCUT2D eigenvalue weighted by Gasteiger charge is -2.09. The number of rotatable bonds is 5. The predicted octanol–water partition coefficient (Wildman–Crippen LogP) is 1.33. The molecule has 4 nitrogen and oxygen atoms in total. The molecule has 2 aromatic carbocycles. The highest BCUT2D eigenvalue weighted by Crippen LogP contribution is 2.24. The second-order valence-electron chi connectivity index (χ2n) is 3.84. The van der Waals surface area contributed by atoms with Crippen molar-refractivity contribution in [3.8, 4) is 5.75 Å². The minimum Gasteiger partial charge on any atom is -0.483 e. The molecule has 0 saturated carbocycles. The van der Waals surface area contributed by atoms with Crippen molar-refractivity contribution in [2.75, 3.05) is 19.8 Å². The molecule has 0 fully saturated rings. The third-order valence-electron chi connectivity index (χ3n) is 2.54. The fourth-order valence-electron chi connectivity index (χ4n) is 1.71. The summed E-state index contributed by atoms with van der Waals surface area (Å²) < 4.78 is 5.48. The van der Waals surface area contributed by atoms with Crippen molar-refractivity contribution in [3.63, 3.8) is 0 Å². The molecule has 0 aliphatic rings. The zero-order chi connectivity index (χ0) is 12.8. The highest BCUT2D eigenvalue weighted by atomic mass is 16.5. The first-order valence-electron chi connectivity index (χ1n) is 5.79. The smallest absolute Gasteiger partial charge is 0.258 e. The minimum atomic E-state index is -0.239. The lowest BCUT2D eigenvalue weighted by molar-refractivity contribution is -0.123. The summed E-state index contributed by atoms with van der Waals surface area (Å²) in [6.45, 7) is 0.131. The fraction of sp³-hybridized carbons (Fsp3) is 0.214. The van der Waals surface area contributed by atoms with E-state index in [1.54, 1.807) is 0 Å². The summed E-state index contributed by atoms with van der Waals surface area (Å²) in [6, 6.07) is 13.6. The van der Waals surface area contributed by atoms with Crippen molar-refractivity contribution in [2.24, 2.45) is 0 Å². The highest BCUT2D eigenvalue weighted by molar-refractivity contribution is 5.88. The van der Waals surface area contributed by atoms with Gasteiger partial charge in [0.25, 0.3) is 5.91 Å². The SMILES string of the molecule is O=C(COc1cccc2ccccc12)NCCO. The van der Waals surface area contributed by atoms with Gasteiger partial charge in [-0.25, -0.2) is 0 Å². The van der Waals surface area contributed by atoms with Crippen LogP contribution in [0.4, 0.5) is 0 Å². The first-order valence-corrected chi connectivity index (χ1v) is 5.79. The van der Waals surface area contributed by atoms with Gasteiger partial charge in [-0.1, -0.05) is 36.4 Å². The van der Waals surface area contributed by atoms with Gasteiger partial charge in [-0.2, -0.15) is 0 Å². The Kier molecular flexibility index (Phi) is 4.15. The number of nitrogens with one attached hydrogen (secondary N) is 1. The Morgan fingerprint density at radius 2 is 1.94 bits per heavy atom. The average molecular weight is 245 g/mol. The summed E-state index contributed by atoms with van der Waals surface area (Å²) >= 11 is 0. The van der Waals surface area contributed by atoms with Crippen molar-refractivity contribution in [1.82, 2.24) is 5.32 Å². The van der Waals surface area contributed by atoms with E-state index < -0.39 is 0 Å². The van der Waals surface area contributed by atoms with Gasteiger partial charge in [0.15, 0.2) is 6.61 Å². The number of aliphatic hydroxyl groups excluding tert-OH is 1. The summed E-state index contributed by atoms with van der Waals surface area (Å²) in [7, 11) is 0. The first-order chi connectivity index (χ1) is 8.81. The molecule has 2 N–H and O–H groups in total. The summed E-state index contributed by atoms with van der Waals surface area (Å²) in [5, 5.41) is 13.2. The standard InChI is InChI=1S/C14H15NO3/c16-9-8-15-14(17)10-18-13-7-3-5-11-4-1-2-6-12(11)13/h1-7,16H,8-10H2,(H,15,17). The molecule has 1 amide bonds. The number of aliphatic hydroxyl groups is 1. The Bertz CT molecular complexity index is 534. The number of benzene rings is 2. The van der Waals surface area contributed by atoms with Crippen LogP contribution in [0.3, 0.4) is 0 Å². The van der Waals surface area contributed by atoms with E-state index in [4.69, 9.17) is 9.84 Å². The largest absolute Gasteiger partial charge is 0.483 e. The molecule has 0 unspecified atom stereocenters. The van der Waals surface area contributed by atoms with Crippen LogP contribution in [0.25, 0.3) is 10.8 Å². The van der Waals surface area contributed by atoms with E-state index in [0.717, 1.165) is 10.8 Å². The maximum absolute atomic E-state index is 11.4. The third kappa shape index (κ3) is 2.99. The summed E-state index contributed by atoms with van der Waals surface area (Å²) in [4.78, 5) is 11.4. The number of carbonyl (C=O) groups excluding carboxylic acids is 1. The number of fused-ring (bicyclic) bond motifs is 1. The average Bonchev–Trinajstić information content (AvgIpc) is 2.42. The third-order valence-corrected chi connectivity index (χ3v) is 2.54. The molecular weight excluding hydrogens is 230 g/mol. The molecule has 0 heterocycles. The molecule has 94 valence electrons. The lowest BCUT2D eigenvalue weighted by Crippen LogP contribution is -2.31. The molecule has 18 heavy (non-hydrogen) atoms. The van der Waals surface area contributed by atoms with Crippen LogP contribution in [0.5, 0.6) is 5.75 Å². The number of ether oxygens (including phenoxy) is 1. The minimum absolute atomic E-state index is 0.0476. The number of hydrogen-bond donors (Lipinski definition) is 2. The topological polar surface area (TPSA) is 58.6 Å². The molecule has 0 aromatic heterocycles. The molecule has 0 aliphatic carbocycles. The van der Waals surface area contributed by atoms with Crippen LogP contribution in [0, 0.1) is 0 Å². The molecule has 0 bridgehead atoms. The lowest BCUT2D eigenvalue weighted by atomic mass is 10.1. The second-order valence-corrected chi connectivity index (χ2v) is 3.84. The van der Waals surface area contributed by atoms with E-state index >= 15 is 0 Å². The van der Waals surface area contributed by atoms with Crippen LogP contribution in [-0.4, -0.2) is 30.8 Å². The predicted molar refractivity (Wildman–Crippen MR) is 69.5 cm³/mol. The van der Waals surface area contributed by atoms with E-state index in [1.165, 1.54) is 0 Å².